The Morgan fingerprint density at radius 3 is 2.66 bits per heavy atom. The van der Waals surface area contributed by atoms with Crippen molar-refractivity contribution in [2.75, 3.05) is 6.54 Å². The number of likely N-dealkylation sites (tertiary alicyclic amines) is 1. The molecular weight excluding hydrogens is 368 g/mol. The minimum absolute atomic E-state index is 0.0838. The van der Waals surface area contributed by atoms with Gasteiger partial charge in [0, 0.05) is 54.7 Å². The summed E-state index contributed by atoms with van der Waals surface area (Å²) in [6.07, 6.45) is 9.63. The zero-order valence-corrected chi connectivity index (χ0v) is 17.1. The van der Waals surface area contributed by atoms with Crippen LogP contribution in [0.5, 0.6) is 0 Å². The third-order valence-corrected chi connectivity index (χ3v) is 8.15. The van der Waals surface area contributed by atoms with Gasteiger partial charge in [0.25, 0.3) is 5.91 Å². The molecule has 0 spiro atoms. The molecule has 1 aliphatic carbocycles. The molecule has 5 fully saturated rings. The molecule has 0 radical (unpaired) electrons. The van der Waals surface area contributed by atoms with Gasteiger partial charge in [0.2, 0.25) is 5.91 Å². The molecule has 1 aromatic heterocycles. The van der Waals surface area contributed by atoms with Gasteiger partial charge in [-0.05, 0) is 58.3 Å². The van der Waals surface area contributed by atoms with E-state index in [1.54, 1.807) is 6.07 Å². The molecule has 7 nitrogen and oxygen atoms in total. The lowest BCUT2D eigenvalue weighted by Crippen LogP contribution is -2.76. The van der Waals surface area contributed by atoms with Crippen LogP contribution in [0.3, 0.4) is 0 Å². The number of amides is 2. The minimum Gasteiger partial charge on any atom is -0.360 e. The molecule has 1 N–H and O–H groups in total. The monoisotopic (exact) mass is 398 g/mol. The number of hydrogen-bond acceptors (Lipinski definition) is 5. The highest BCUT2D eigenvalue weighted by Crippen LogP contribution is 2.60. The fraction of sp³-hybridized carbons (Fsp3) is 0.773. The second kappa shape index (κ2) is 6.30. The molecule has 156 valence electrons. The zero-order chi connectivity index (χ0) is 19.8. The summed E-state index contributed by atoms with van der Waals surface area (Å²) in [5.41, 5.74) is 0.571. The van der Waals surface area contributed by atoms with E-state index in [2.05, 4.69) is 27.2 Å². The second-order valence-corrected chi connectivity index (χ2v) is 10.1. The summed E-state index contributed by atoms with van der Waals surface area (Å²) in [4.78, 5) is 30.2. The number of hydrogen-bond donors (Lipinski definition) is 1. The lowest BCUT2D eigenvalue weighted by molar-refractivity contribution is -0.179. The van der Waals surface area contributed by atoms with E-state index in [-0.39, 0.29) is 23.5 Å². The first-order valence-corrected chi connectivity index (χ1v) is 11.4. The molecule has 4 aliphatic heterocycles. The maximum absolute atomic E-state index is 13.0. The van der Waals surface area contributed by atoms with Crippen molar-refractivity contribution in [3.05, 3.63) is 17.5 Å². The molecule has 0 bridgehead atoms. The fourth-order valence-corrected chi connectivity index (χ4v) is 6.59. The molecule has 5 heterocycles. The van der Waals surface area contributed by atoms with E-state index in [1.165, 1.54) is 25.7 Å². The number of rotatable bonds is 5. The predicted molar refractivity (Wildman–Crippen MR) is 105 cm³/mol. The highest BCUT2D eigenvalue weighted by Gasteiger charge is 2.66. The highest BCUT2D eigenvalue weighted by atomic mass is 16.5. The Morgan fingerprint density at radius 1 is 1.21 bits per heavy atom. The Balaban J connectivity index is 1.02. The largest absolute Gasteiger partial charge is 0.360 e. The normalized spacial score (nSPS) is 38.2. The van der Waals surface area contributed by atoms with Crippen molar-refractivity contribution in [1.29, 1.82) is 0 Å². The van der Waals surface area contributed by atoms with Gasteiger partial charge in [-0.2, -0.15) is 0 Å². The Labute approximate surface area is 171 Å². The van der Waals surface area contributed by atoms with Crippen molar-refractivity contribution in [3.8, 4) is 0 Å². The van der Waals surface area contributed by atoms with E-state index < -0.39 is 0 Å². The number of nitrogens with one attached hydrogen (secondary N) is 1. The van der Waals surface area contributed by atoms with E-state index in [4.69, 9.17) is 4.52 Å². The van der Waals surface area contributed by atoms with Crippen molar-refractivity contribution in [1.82, 2.24) is 20.3 Å². The number of carbonyl (C=O) groups is 2. The summed E-state index contributed by atoms with van der Waals surface area (Å²) >= 11 is 0. The summed E-state index contributed by atoms with van der Waals surface area (Å²) in [6, 6.07) is 3.54. The van der Waals surface area contributed by atoms with Crippen molar-refractivity contribution in [3.63, 3.8) is 0 Å². The van der Waals surface area contributed by atoms with E-state index >= 15 is 0 Å². The molecule has 6 rings (SSSR count). The van der Waals surface area contributed by atoms with Gasteiger partial charge in [-0.3, -0.25) is 14.5 Å². The van der Waals surface area contributed by atoms with Crippen LogP contribution in [-0.4, -0.2) is 63.0 Å². The molecule has 1 saturated carbocycles. The maximum Gasteiger partial charge on any atom is 0.273 e. The van der Waals surface area contributed by atoms with Gasteiger partial charge < -0.3 is 14.7 Å². The third kappa shape index (κ3) is 2.84. The molecule has 7 heteroatoms. The first kappa shape index (κ1) is 17.9. The standard InChI is InChI=1S/C22H30N4O3/c1-13-8-15(23-21(28)18-9-19(29-24-18)14-2-3-14)6-7-25(13)20(27)12-22-10-16-4-5-17(11-22)26(16)22/h9,13-17H,2-8,10-12H2,1H3,(H,23,28)/t13-,15?,16?,17?,22?/m0/s1. The van der Waals surface area contributed by atoms with Gasteiger partial charge in [0.15, 0.2) is 5.69 Å². The molecular formula is C22H30N4O3. The van der Waals surface area contributed by atoms with Gasteiger partial charge in [-0.25, -0.2) is 0 Å². The second-order valence-electron chi connectivity index (χ2n) is 10.1. The highest BCUT2D eigenvalue weighted by molar-refractivity contribution is 5.92. The van der Waals surface area contributed by atoms with Crippen LogP contribution in [0.25, 0.3) is 0 Å². The van der Waals surface area contributed by atoms with Crippen LogP contribution < -0.4 is 5.32 Å². The number of carbonyl (C=O) groups excluding carboxylic acids is 2. The predicted octanol–water partition coefficient (Wildman–Crippen LogP) is 2.43. The fourth-order valence-electron chi connectivity index (χ4n) is 6.59. The summed E-state index contributed by atoms with van der Waals surface area (Å²) < 4.78 is 5.30. The quantitative estimate of drug-likeness (QED) is 0.824. The van der Waals surface area contributed by atoms with Crippen LogP contribution in [0.15, 0.2) is 10.6 Å². The summed E-state index contributed by atoms with van der Waals surface area (Å²) in [5, 5.41) is 7.03. The number of aromatic nitrogens is 1. The lowest BCUT2D eigenvalue weighted by Gasteiger charge is -2.67. The van der Waals surface area contributed by atoms with Gasteiger partial charge in [0.1, 0.15) is 5.76 Å². The van der Waals surface area contributed by atoms with E-state index in [9.17, 15) is 9.59 Å². The molecule has 2 amide bonds. The summed E-state index contributed by atoms with van der Waals surface area (Å²) in [6.45, 7) is 2.83. The average molecular weight is 399 g/mol. The minimum atomic E-state index is -0.161. The topological polar surface area (TPSA) is 78.7 Å². The molecule has 29 heavy (non-hydrogen) atoms. The molecule has 3 unspecified atom stereocenters. The van der Waals surface area contributed by atoms with Crippen LogP contribution in [0.4, 0.5) is 0 Å². The van der Waals surface area contributed by atoms with E-state index in [0.29, 0.717) is 23.9 Å². The van der Waals surface area contributed by atoms with Crippen molar-refractivity contribution in [2.45, 2.75) is 100 Å². The Kier molecular flexibility index (Phi) is 3.90. The third-order valence-electron chi connectivity index (χ3n) is 8.15. The van der Waals surface area contributed by atoms with Crippen LogP contribution in [0.1, 0.15) is 86.9 Å². The van der Waals surface area contributed by atoms with E-state index in [1.807, 2.05) is 0 Å². The Bertz CT molecular complexity index is 833. The molecule has 0 aromatic carbocycles. The van der Waals surface area contributed by atoms with Gasteiger partial charge in [-0.15, -0.1) is 0 Å². The van der Waals surface area contributed by atoms with Crippen molar-refractivity contribution >= 4 is 11.8 Å². The summed E-state index contributed by atoms with van der Waals surface area (Å²) in [5.74, 6) is 1.43. The molecule has 4 atom stereocenters. The first-order chi connectivity index (χ1) is 14.0. The Morgan fingerprint density at radius 2 is 1.97 bits per heavy atom. The zero-order valence-electron chi connectivity index (χ0n) is 17.1. The SMILES string of the molecule is C[C@H]1CC(NC(=O)c2cc(C3CC3)on2)CCN1C(=O)CC12CC3CCC(C1)N32. The van der Waals surface area contributed by atoms with Gasteiger partial charge >= 0.3 is 0 Å². The average Bonchev–Trinajstić information content (AvgIpc) is 3.37. The maximum atomic E-state index is 13.0. The molecule has 4 saturated heterocycles. The van der Waals surface area contributed by atoms with Crippen LogP contribution >= 0.6 is 0 Å². The molecule has 5 aliphatic rings. The van der Waals surface area contributed by atoms with Gasteiger partial charge in [0.05, 0.1) is 0 Å². The van der Waals surface area contributed by atoms with Crippen molar-refractivity contribution in [2.24, 2.45) is 0 Å². The van der Waals surface area contributed by atoms with Crippen LogP contribution in [-0.2, 0) is 4.79 Å². The Hall–Kier alpha value is -1.89. The first-order valence-electron chi connectivity index (χ1n) is 11.4. The van der Waals surface area contributed by atoms with Crippen LogP contribution in [0, 0.1) is 0 Å². The lowest BCUT2D eigenvalue weighted by atomic mass is 9.66. The van der Waals surface area contributed by atoms with Crippen LogP contribution in [0.2, 0.25) is 0 Å². The van der Waals surface area contributed by atoms with Crippen molar-refractivity contribution < 1.29 is 14.1 Å². The molecule has 1 aromatic rings. The number of piperidine rings is 2. The van der Waals surface area contributed by atoms with E-state index in [0.717, 1.165) is 50.1 Å². The smallest absolute Gasteiger partial charge is 0.273 e. The number of nitrogens with zero attached hydrogens (tertiary/aromatic N) is 3. The van der Waals surface area contributed by atoms with Gasteiger partial charge in [-0.1, -0.05) is 5.16 Å². The summed E-state index contributed by atoms with van der Waals surface area (Å²) in [7, 11) is 0.